The van der Waals surface area contributed by atoms with Crippen LogP contribution in [0.15, 0.2) is 41.3 Å². The number of piperidine rings is 1. The van der Waals surface area contributed by atoms with Crippen LogP contribution in [0.2, 0.25) is 0 Å². The number of methoxy groups -OCH3 is 3. The summed E-state index contributed by atoms with van der Waals surface area (Å²) >= 11 is 0. The highest BCUT2D eigenvalue weighted by Crippen LogP contribution is 2.35. The Kier molecular flexibility index (Phi) is 6.17. The third-order valence-corrected chi connectivity index (χ3v) is 6.13. The lowest BCUT2D eigenvalue weighted by molar-refractivity contribution is -0.119. The number of anilines is 2. The Morgan fingerprint density at radius 2 is 1.69 bits per heavy atom. The van der Waals surface area contributed by atoms with Crippen molar-refractivity contribution in [2.24, 2.45) is 0 Å². The number of ether oxygens (including phenoxy) is 3. The summed E-state index contributed by atoms with van der Waals surface area (Å²) in [6.07, 6.45) is 2.29. The van der Waals surface area contributed by atoms with Gasteiger partial charge in [0.2, 0.25) is 5.91 Å². The molecule has 9 heteroatoms. The van der Waals surface area contributed by atoms with E-state index in [0.717, 1.165) is 12.8 Å². The van der Waals surface area contributed by atoms with Gasteiger partial charge in [-0.3, -0.25) is 9.52 Å². The zero-order valence-electron chi connectivity index (χ0n) is 16.6. The molecule has 29 heavy (non-hydrogen) atoms. The zero-order valence-corrected chi connectivity index (χ0v) is 17.4. The molecule has 1 amide bonds. The van der Waals surface area contributed by atoms with Crippen molar-refractivity contribution >= 4 is 27.3 Å². The minimum atomic E-state index is -3.92. The van der Waals surface area contributed by atoms with E-state index in [2.05, 4.69) is 4.72 Å². The average molecular weight is 420 g/mol. The number of hydrogen-bond acceptors (Lipinski definition) is 6. The van der Waals surface area contributed by atoms with Gasteiger partial charge in [0.1, 0.15) is 22.1 Å². The summed E-state index contributed by atoms with van der Waals surface area (Å²) in [7, 11) is 0.441. The van der Waals surface area contributed by atoms with Crippen molar-refractivity contribution in [2.45, 2.75) is 24.2 Å². The van der Waals surface area contributed by atoms with Crippen LogP contribution in [0.1, 0.15) is 19.3 Å². The molecule has 1 fully saturated rings. The van der Waals surface area contributed by atoms with Gasteiger partial charge in [-0.05, 0) is 37.1 Å². The molecule has 0 radical (unpaired) electrons. The number of hydrogen-bond donors (Lipinski definition) is 1. The minimum absolute atomic E-state index is 0.0185. The van der Waals surface area contributed by atoms with Crippen molar-refractivity contribution in [3.05, 3.63) is 36.4 Å². The van der Waals surface area contributed by atoms with Gasteiger partial charge >= 0.3 is 0 Å². The van der Waals surface area contributed by atoms with E-state index in [1.54, 1.807) is 29.2 Å². The topological polar surface area (TPSA) is 94.2 Å². The predicted octanol–water partition coefficient (Wildman–Crippen LogP) is 3.03. The SMILES string of the molecule is COc1ccc(S(=O)(=O)Nc2ccc(N3CCCCC3=O)c(OC)c2)c(OC)c1. The van der Waals surface area contributed by atoms with Gasteiger partial charge in [0.25, 0.3) is 10.0 Å². The van der Waals surface area contributed by atoms with Crippen LogP contribution in [0, 0.1) is 0 Å². The maximum atomic E-state index is 12.9. The summed E-state index contributed by atoms with van der Waals surface area (Å²) < 4.78 is 44.0. The molecular formula is C20H24N2O6S. The van der Waals surface area contributed by atoms with Crippen molar-refractivity contribution in [2.75, 3.05) is 37.5 Å². The van der Waals surface area contributed by atoms with E-state index in [9.17, 15) is 13.2 Å². The van der Waals surface area contributed by atoms with Gasteiger partial charge in [0.15, 0.2) is 0 Å². The number of nitrogens with zero attached hydrogens (tertiary/aromatic N) is 1. The van der Waals surface area contributed by atoms with Crippen LogP contribution >= 0.6 is 0 Å². The Labute approximate surface area is 170 Å². The molecule has 2 aromatic carbocycles. The van der Waals surface area contributed by atoms with Crippen molar-refractivity contribution in [3.8, 4) is 17.2 Å². The van der Waals surface area contributed by atoms with Gasteiger partial charge in [0, 0.05) is 25.1 Å². The molecule has 3 rings (SSSR count). The molecule has 0 unspecified atom stereocenters. The van der Waals surface area contributed by atoms with Crippen LogP contribution in [-0.4, -0.2) is 42.2 Å². The lowest BCUT2D eigenvalue weighted by Crippen LogP contribution is -2.35. The molecule has 0 atom stereocenters. The molecular weight excluding hydrogens is 396 g/mol. The average Bonchev–Trinajstić information content (AvgIpc) is 2.73. The highest BCUT2D eigenvalue weighted by molar-refractivity contribution is 7.92. The summed E-state index contributed by atoms with van der Waals surface area (Å²) in [5.74, 6) is 1.10. The van der Waals surface area contributed by atoms with E-state index in [4.69, 9.17) is 14.2 Å². The number of benzene rings is 2. The first-order valence-corrected chi connectivity index (χ1v) is 10.6. The van der Waals surface area contributed by atoms with Crippen LogP contribution < -0.4 is 23.8 Å². The lowest BCUT2D eigenvalue weighted by atomic mass is 10.1. The molecule has 1 aliphatic heterocycles. The molecule has 1 saturated heterocycles. The fourth-order valence-corrected chi connectivity index (χ4v) is 4.43. The predicted molar refractivity (Wildman–Crippen MR) is 110 cm³/mol. The fourth-order valence-electron chi connectivity index (χ4n) is 3.23. The lowest BCUT2D eigenvalue weighted by Gasteiger charge is -2.28. The molecule has 0 bridgehead atoms. The molecule has 0 spiro atoms. The van der Waals surface area contributed by atoms with Crippen LogP contribution in [0.4, 0.5) is 11.4 Å². The maximum absolute atomic E-state index is 12.9. The Morgan fingerprint density at radius 3 is 2.34 bits per heavy atom. The smallest absolute Gasteiger partial charge is 0.265 e. The van der Waals surface area contributed by atoms with E-state index in [1.165, 1.54) is 33.5 Å². The Morgan fingerprint density at radius 1 is 0.931 bits per heavy atom. The Hall–Kier alpha value is -2.94. The molecule has 0 aromatic heterocycles. The molecule has 0 saturated carbocycles. The van der Waals surface area contributed by atoms with Gasteiger partial charge in [-0.25, -0.2) is 8.42 Å². The highest BCUT2D eigenvalue weighted by atomic mass is 32.2. The monoisotopic (exact) mass is 420 g/mol. The standard InChI is InChI=1S/C20H24N2O6S/c1-26-15-8-10-19(18(13-15)28-3)29(24,25)21-14-7-9-16(17(12-14)27-2)22-11-5-4-6-20(22)23/h7-10,12-13,21H,4-6,11H2,1-3H3. The molecule has 8 nitrogen and oxygen atoms in total. The molecule has 1 N–H and O–H groups in total. The number of nitrogens with one attached hydrogen (secondary N) is 1. The van der Waals surface area contributed by atoms with E-state index in [1.807, 2.05) is 0 Å². The summed E-state index contributed by atoms with van der Waals surface area (Å²) in [5.41, 5.74) is 0.940. The summed E-state index contributed by atoms with van der Waals surface area (Å²) in [5, 5.41) is 0. The Balaban J connectivity index is 1.91. The quantitative estimate of drug-likeness (QED) is 0.740. The first-order chi connectivity index (χ1) is 13.9. The minimum Gasteiger partial charge on any atom is -0.497 e. The van der Waals surface area contributed by atoms with Gasteiger partial charge < -0.3 is 19.1 Å². The largest absolute Gasteiger partial charge is 0.497 e. The second-order valence-corrected chi connectivity index (χ2v) is 8.16. The zero-order chi connectivity index (χ0) is 21.0. The molecule has 1 aliphatic rings. The first kappa shape index (κ1) is 20.8. The van der Waals surface area contributed by atoms with E-state index >= 15 is 0 Å². The maximum Gasteiger partial charge on any atom is 0.265 e. The van der Waals surface area contributed by atoms with E-state index < -0.39 is 10.0 Å². The third-order valence-electron chi connectivity index (χ3n) is 4.71. The van der Waals surface area contributed by atoms with Crippen LogP contribution in [-0.2, 0) is 14.8 Å². The van der Waals surface area contributed by atoms with Gasteiger partial charge in [-0.15, -0.1) is 0 Å². The number of carbonyl (C=O) groups is 1. The van der Waals surface area contributed by atoms with Gasteiger partial charge in [0.05, 0.1) is 32.7 Å². The van der Waals surface area contributed by atoms with Crippen LogP contribution in [0.5, 0.6) is 17.2 Å². The fraction of sp³-hybridized carbons (Fsp3) is 0.350. The van der Waals surface area contributed by atoms with Crippen molar-refractivity contribution in [1.29, 1.82) is 0 Å². The van der Waals surface area contributed by atoms with E-state index in [0.29, 0.717) is 35.8 Å². The molecule has 1 heterocycles. The number of carbonyl (C=O) groups excluding carboxylic acids is 1. The second-order valence-electron chi connectivity index (χ2n) is 6.51. The molecule has 156 valence electrons. The summed E-state index contributed by atoms with van der Waals surface area (Å²) in [4.78, 5) is 13.9. The number of amides is 1. The van der Waals surface area contributed by atoms with Gasteiger partial charge in [-0.2, -0.15) is 0 Å². The van der Waals surface area contributed by atoms with E-state index in [-0.39, 0.29) is 16.6 Å². The van der Waals surface area contributed by atoms with Crippen LogP contribution in [0.25, 0.3) is 0 Å². The number of sulfonamides is 1. The highest BCUT2D eigenvalue weighted by Gasteiger charge is 2.24. The number of rotatable bonds is 7. The summed E-state index contributed by atoms with van der Waals surface area (Å²) in [6.45, 7) is 0.614. The van der Waals surface area contributed by atoms with Gasteiger partial charge in [-0.1, -0.05) is 0 Å². The first-order valence-electron chi connectivity index (χ1n) is 9.13. The molecule has 0 aliphatic carbocycles. The van der Waals surface area contributed by atoms with Crippen molar-refractivity contribution in [1.82, 2.24) is 0 Å². The molecule has 2 aromatic rings. The Bertz CT molecular complexity index is 1010. The summed E-state index contributed by atoms with van der Waals surface area (Å²) in [6, 6.07) is 9.31. The third kappa shape index (κ3) is 4.40. The van der Waals surface area contributed by atoms with Crippen molar-refractivity contribution < 1.29 is 27.4 Å². The van der Waals surface area contributed by atoms with Crippen molar-refractivity contribution in [3.63, 3.8) is 0 Å². The van der Waals surface area contributed by atoms with Crippen LogP contribution in [0.3, 0.4) is 0 Å². The second kappa shape index (κ2) is 8.60. The normalized spacial score (nSPS) is 14.4.